The van der Waals surface area contributed by atoms with Gasteiger partial charge in [-0.15, -0.1) is 0 Å². The molecule has 0 atom stereocenters. The van der Waals surface area contributed by atoms with Crippen molar-refractivity contribution in [3.8, 4) is 0 Å². The Bertz CT molecular complexity index is 361. The molecule has 0 aromatic carbocycles. The summed E-state index contributed by atoms with van der Waals surface area (Å²) in [6.45, 7) is 0. The van der Waals surface area contributed by atoms with E-state index < -0.39 is 0 Å². The van der Waals surface area contributed by atoms with Gasteiger partial charge in [0.25, 0.3) is 0 Å². The van der Waals surface area contributed by atoms with Gasteiger partial charge in [0, 0.05) is 19.0 Å². The van der Waals surface area contributed by atoms with Crippen LogP contribution in [0.2, 0.25) is 0 Å². The van der Waals surface area contributed by atoms with Crippen LogP contribution in [0.25, 0.3) is 0 Å². The Hall–Kier alpha value is -1.25. The SMILES string of the molecule is O=C1OC2(CCCC2)n2cccc21. The summed E-state index contributed by atoms with van der Waals surface area (Å²) in [6, 6.07) is 3.74. The van der Waals surface area contributed by atoms with Gasteiger partial charge in [-0.25, -0.2) is 4.79 Å². The monoisotopic (exact) mass is 177 g/mol. The van der Waals surface area contributed by atoms with Gasteiger partial charge in [0.05, 0.1) is 0 Å². The summed E-state index contributed by atoms with van der Waals surface area (Å²) >= 11 is 0. The van der Waals surface area contributed by atoms with E-state index in [9.17, 15) is 4.79 Å². The van der Waals surface area contributed by atoms with Crippen molar-refractivity contribution in [2.45, 2.75) is 31.4 Å². The molecule has 1 spiro atoms. The highest BCUT2D eigenvalue weighted by atomic mass is 16.6. The molecule has 1 aromatic heterocycles. The number of hydrogen-bond acceptors (Lipinski definition) is 2. The molecule has 0 saturated heterocycles. The molecule has 1 fully saturated rings. The zero-order valence-corrected chi connectivity index (χ0v) is 7.32. The van der Waals surface area contributed by atoms with E-state index >= 15 is 0 Å². The first-order valence-electron chi connectivity index (χ1n) is 4.73. The van der Waals surface area contributed by atoms with Crippen LogP contribution < -0.4 is 0 Å². The quantitative estimate of drug-likeness (QED) is 0.566. The number of ether oxygens (including phenoxy) is 1. The number of carbonyl (C=O) groups excluding carboxylic acids is 1. The molecule has 0 N–H and O–H groups in total. The topological polar surface area (TPSA) is 31.2 Å². The van der Waals surface area contributed by atoms with E-state index in [1.54, 1.807) is 0 Å². The summed E-state index contributed by atoms with van der Waals surface area (Å²) in [6.07, 6.45) is 6.21. The van der Waals surface area contributed by atoms with Gasteiger partial charge in [-0.3, -0.25) is 0 Å². The first-order chi connectivity index (χ1) is 6.32. The molecule has 3 heteroatoms. The fourth-order valence-electron chi connectivity index (χ4n) is 2.45. The lowest BCUT2D eigenvalue weighted by Gasteiger charge is -2.23. The van der Waals surface area contributed by atoms with Gasteiger partial charge >= 0.3 is 5.97 Å². The van der Waals surface area contributed by atoms with Crippen molar-refractivity contribution in [1.82, 2.24) is 4.57 Å². The third kappa shape index (κ3) is 0.767. The van der Waals surface area contributed by atoms with Crippen molar-refractivity contribution < 1.29 is 9.53 Å². The van der Waals surface area contributed by atoms with Crippen LogP contribution in [0.5, 0.6) is 0 Å². The molecule has 0 unspecified atom stereocenters. The third-order valence-corrected chi connectivity index (χ3v) is 3.06. The molecule has 2 aliphatic rings. The Labute approximate surface area is 76.3 Å². The van der Waals surface area contributed by atoms with E-state index in [-0.39, 0.29) is 11.7 Å². The highest BCUT2D eigenvalue weighted by Gasteiger charge is 2.46. The minimum atomic E-state index is -0.310. The number of aromatic nitrogens is 1. The average Bonchev–Trinajstić information content (AvgIpc) is 2.74. The molecule has 1 aliphatic carbocycles. The van der Waals surface area contributed by atoms with Crippen LogP contribution >= 0.6 is 0 Å². The normalized spacial score (nSPS) is 23.5. The van der Waals surface area contributed by atoms with Gasteiger partial charge in [-0.05, 0) is 25.0 Å². The molecule has 0 radical (unpaired) electrons. The molecule has 0 bridgehead atoms. The largest absolute Gasteiger partial charge is 0.434 e. The lowest BCUT2D eigenvalue weighted by molar-refractivity contribution is -0.0388. The van der Waals surface area contributed by atoms with Gasteiger partial charge in [-0.2, -0.15) is 0 Å². The highest BCUT2D eigenvalue weighted by Crippen LogP contribution is 2.42. The average molecular weight is 177 g/mol. The Kier molecular flexibility index (Phi) is 1.19. The van der Waals surface area contributed by atoms with Crippen molar-refractivity contribution in [3.05, 3.63) is 24.0 Å². The van der Waals surface area contributed by atoms with Crippen LogP contribution in [-0.4, -0.2) is 10.5 Å². The van der Waals surface area contributed by atoms with E-state index in [1.807, 2.05) is 22.9 Å². The Balaban J connectivity index is 2.16. The molecule has 68 valence electrons. The van der Waals surface area contributed by atoms with E-state index in [2.05, 4.69) is 0 Å². The number of carbonyl (C=O) groups is 1. The predicted molar refractivity (Wildman–Crippen MR) is 46.3 cm³/mol. The van der Waals surface area contributed by atoms with Crippen molar-refractivity contribution in [3.63, 3.8) is 0 Å². The van der Waals surface area contributed by atoms with Crippen LogP contribution in [0.3, 0.4) is 0 Å². The Morgan fingerprint density at radius 3 is 2.92 bits per heavy atom. The number of fused-ring (bicyclic) bond motifs is 2. The molecule has 3 nitrogen and oxygen atoms in total. The summed E-state index contributed by atoms with van der Waals surface area (Å²) in [5.41, 5.74) is 0.400. The van der Waals surface area contributed by atoms with Gasteiger partial charge in [0.1, 0.15) is 5.69 Å². The maximum atomic E-state index is 11.4. The molecular formula is C10H11NO2. The standard InChI is InChI=1S/C10H11NO2/c12-9-8-4-3-7-11(8)10(13-9)5-1-2-6-10/h3-4,7H,1-2,5-6H2. The third-order valence-electron chi connectivity index (χ3n) is 3.06. The lowest BCUT2D eigenvalue weighted by Crippen LogP contribution is -2.27. The predicted octanol–water partition coefficient (Wildman–Crippen LogP) is 1.89. The maximum absolute atomic E-state index is 11.4. The highest BCUT2D eigenvalue weighted by molar-refractivity contribution is 5.89. The van der Waals surface area contributed by atoms with Crippen molar-refractivity contribution in [1.29, 1.82) is 0 Å². The summed E-state index contributed by atoms with van der Waals surface area (Å²) in [5, 5.41) is 0. The number of rotatable bonds is 0. The maximum Gasteiger partial charge on any atom is 0.357 e. The molecule has 13 heavy (non-hydrogen) atoms. The summed E-state index contributed by atoms with van der Waals surface area (Å²) in [7, 11) is 0. The van der Waals surface area contributed by atoms with Crippen LogP contribution in [0, 0.1) is 0 Å². The number of nitrogens with zero attached hydrogens (tertiary/aromatic N) is 1. The molecule has 2 heterocycles. The van der Waals surface area contributed by atoms with E-state index in [4.69, 9.17) is 4.74 Å². The minimum absolute atomic E-state index is 0.160. The van der Waals surface area contributed by atoms with E-state index in [1.165, 1.54) is 0 Å². The lowest BCUT2D eigenvalue weighted by atomic mass is 10.2. The molecule has 0 amide bonds. The van der Waals surface area contributed by atoms with Gasteiger partial charge in [0.15, 0.2) is 5.72 Å². The number of esters is 1. The van der Waals surface area contributed by atoms with E-state index in [0.29, 0.717) is 5.69 Å². The summed E-state index contributed by atoms with van der Waals surface area (Å²) in [5.74, 6) is -0.160. The number of hydrogen-bond donors (Lipinski definition) is 0. The van der Waals surface area contributed by atoms with Crippen LogP contribution in [0.15, 0.2) is 18.3 Å². The second kappa shape index (κ2) is 2.16. The molecule has 1 saturated carbocycles. The van der Waals surface area contributed by atoms with E-state index in [0.717, 1.165) is 25.7 Å². The second-order valence-corrected chi connectivity index (χ2v) is 3.81. The van der Waals surface area contributed by atoms with Crippen molar-refractivity contribution in [2.75, 3.05) is 0 Å². The second-order valence-electron chi connectivity index (χ2n) is 3.81. The van der Waals surface area contributed by atoms with Crippen molar-refractivity contribution in [2.24, 2.45) is 0 Å². The van der Waals surface area contributed by atoms with Gasteiger partial charge in [0.2, 0.25) is 0 Å². The summed E-state index contributed by atoms with van der Waals surface area (Å²) in [4.78, 5) is 11.4. The zero-order chi connectivity index (χ0) is 8.89. The fourth-order valence-corrected chi connectivity index (χ4v) is 2.45. The molecular weight excluding hydrogens is 166 g/mol. The minimum Gasteiger partial charge on any atom is -0.434 e. The van der Waals surface area contributed by atoms with Crippen LogP contribution in [-0.2, 0) is 10.5 Å². The van der Waals surface area contributed by atoms with Gasteiger partial charge < -0.3 is 9.30 Å². The first-order valence-corrected chi connectivity index (χ1v) is 4.73. The zero-order valence-electron chi connectivity index (χ0n) is 7.32. The molecule has 1 aromatic rings. The van der Waals surface area contributed by atoms with Gasteiger partial charge in [-0.1, -0.05) is 0 Å². The fraction of sp³-hybridized carbons (Fsp3) is 0.500. The molecule has 3 rings (SSSR count). The Morgan fingerprint density at radius 1 is 1.38 bits per heavy atom. The first kappa shape index (κ1) is 7.18. The smallest absolute Gasteiger partial charge is 0.357 e. The molecule has 1 aliphatic heterocycles. The summed E-state index contributed by atoms with van der Waals surface area (Å²) < 4.78 is 7.45. The van der Waals surface area contributed by atoms with Crippen LogP contribution in [0.1, 0.15) is 36.2 Å². The van der Waals surface area contributed by atoms with Crippen molar-refractivity contribution >= 4 is 5.97 Å². The van der Waals surface area contributed by atoms with Crippen LogP contribution in [0.4, 0.5) is 0 Å². The Morgan fingerprint density at radius 2 is 2.15 bits per heavy atom.